The molecule has 0 bridgehead atoms. The summed E-state index contributed by atoms with van der Waals surface area (Å²) >= 11 is 1.82. The Labute approximate surface area is 269 Å². The highest BCUT2D eigenvalue weighted by molar-refractivity contribution is 7.09. The molecule has 0 aliphatic heterocycles. The molecule has 0 fully saturated rings. The second-order valence-electron chi connectivity index (χ2n) is 12.2. The van der Waals surface area contributed by atoms with Gasteiger partial charge < -0.3 is 15.3 Å². The summed E-state index contributed by atoms with van der Waals surface area (Å²) in [5.74, 6) is -0.907. The number of hydrogen-bond acceptors (Lipinski definition) is 5. The van der Waals surface area contributed by atoms with Crippen molar-refractivity contribution < 1.29 is 19.5 Å². The second kappa shape index (κ2) is 20.3. The summed E-state index contributed by atoms with van der Waals surface area (Å²) in [6.07, 6.45) is 15.2. The van der Waals surface area contributed by atoms with E-state index in [0.29, 0.717) is 18.9 Å². The monoisotopic (exact) mass is 625 g/mol. The molecule has 1 heterocycles. The number of carbonyl (C=O) groups excluding carboxylic acids is 2. The Morgan fingerprint density at radius 1 is 0.909 bits per heavy atom. The molecule has 1 aliphatic carbocycles. The normalized spacial score (nSPS) is 14.4. The van der Waals surface area contributed by atoms with Gasteiger partial charge in [-0.2, -0.15) is 0 Å². The average molecular weight is 626 g/mol. The summed E-state index contributed by atoms with van der Waals surface area (Å²) in [6.45, 7) is 6.89. The van der Waals surface area contributed by atoms with Gasteiger partial charge in [-0.1, -0.05) is 70.6 Å². The summed E-state index contributed by atoms with van der Waals surface area (Å²) in [5.41, 5.74) is 3.19. The van der Waals surface area contributed by atoms with Gasteiger partial charge in [-0.15, -0.1) is 11.3 Å². The maximum atomic E-state index is 13.4. The number of aliphatic carboxylic acids is 1. The van der Waals surface area contributed by atoms with Gasteiger partial charge in [0.25, 0.3) is 0 Å². The Hall–Kier alpha value is -2.71. The Morgan fingerprint density at radius 3 is 2.30 bits per heavy atom. The lowest BCUT2D eigenvalue weighted by Crippen LogP contribution is -2.42. The molecule has 1 atom stereocenters. The predicted molar refractivity (Wildman–Crippen MR) is 182 cm³/mol. The lowest BCUT2D eigenvalue weighted by Gasteiger charge is -2.36. The number of nitrogens with zero attached hydrogens (tertiary/aromatic N) is 2. The first-order chi connectivity index (χ1) is 21.4. The molecule has 244 valence electrons. The zero-order chi connectivity index (χ0) is 31.6. The SMILES string of the molecule is CCCNC(=O)CCCCCCCCCCC(=O)N(CC(=O)O)c1cccc2c1CC[C@H](N(CCC)CCc1cccs1)C2. The topological polar surface area (TPSA) is 90.0 Å². The first-order valence-electron chi connectivity index (χ1n) is 17.1. The van der Waals surface area contributed by atoms with Gasteiger partial charge >= 0.3 is 5.97 Å². The van der Waals surface area contributed by atoms with Crippen molar-refractivity contribution in [2.45, 2.75) is 123 Å². The van der Waals surface area contributed by atoms with Gasteiger partial charge in [0, 0.05) is 42.5 Å². The number of carbonyl (C=O) groups is 3. The Kier molecular flexibility index (Phi) is 16.5. The van der Waals surface area contributed by atoms with E-state index in [1.807, 2.05) is 23.5 Å². The van der Waals surface area contributed by atoms with E-state index in [-0.39, 0.29) is 18.4 Å². The minimum atomic E-state index is -0.977. The van der Waals surface area contributed by atoms with Crippen molar-refractivity contribution in [2.75, 3.05) is 31.1 Å². The molecule has 2 N–H and O–H groups in total. The van der Waals surface area contributed by atoms with E-state index in [9.17, 15) is 19.5 Å². The molecule has 1 aromatic heterocycles. The van der Waals surface area contributed by atoms with Crippen LogP contribution in [-0.4, -0.2) is 60.0 Å². The quantitative estimate of drug-likeness (QED) is 0.133. The molecule has 0 spiro atoms. The number of benzene rings is 1. The van der Waals surface area contributed by atoms with Crippen LogP contribution in [0.3, 0.4) is 0 Å². The maximum Gasteiger partial charge on any atom is 0.323 e. The third-order valence-corrected chi connectivity index (χ3v) is 9.62. The van der Waals surface area contributed by atoms with Gasteiger partial charge in [0.15, 0.2) is 0 Å². The Balaban J connectivity index is 1.47. The largest absolute Gasteiger partial charge is 0.480 e. The number of carboxylic acid groups (broad SMARTS) is 1. The van der Waals surface area contributed by atoms with Gasteiger partial charge in [0.2, 0.25) is 11.8 Å². The van der Waals surface area contributed by atoms with Crippen LogP contribution in [0.2, 0.25) is 0 Å². The van der Waals surface area contributed by atoms with Crippen molar-refractivity contribution >= 4 is 34.8 Å². The number of nitrogens with one attached hydrogen (secondary N) is 1. The van der Waals surface area contributed by atoms with Gasteiger partial charge in [0.05, 0.1) is 0 Å². The summed E-state index contributed by atoms with van der Waals surface area (Å²) in [7, 11) is 0. The van der Waals surface area contributed by atoms with E-state index in [1.165, 1.54) is 15.3 Å². The van der Waals surface area contributed by atoms with E-state index in [0.717, 1.165) is 121 Å². The van der Waals surface area contributed by atoms with Gasteiger partial charge in [-0.25, -0.2) is 0 Å². The summed E-state index contributed by atoms with van der Waals surface area (Å²) in [6, 6.07) is 10.9. The van der Waals surface area contributed by atoms with Crippen LogP contribution in [0.1, 0.15) is 113 Å². The highest BCUT2D eigenvalue weighted by atomic mass is 32.1. The second-order valence-corrected chi connectivity index (χ2v) is 13.3. The van der Waals surface area contributed by atoms with E-state index < -0.39 is 5.97 Å². The maximum absolute atomic E-state index is 13.4. The zero-order valence-electron chi connectivity index (χ0n) is 27.2. The molecular weight excluding hydrogens is 570 g/mol. The van der Waals surface area contributed by atoms with Crippen LogP contribution in [0.15, 0.2) is 35.7 Å². The van der Waals surface area contributed by atoms with Crippen LogP contribution in [0, 0.1) is 0 Å². The lowest BCUT2D eigenvalue weighted by atomic mass is 9.85. The number of rotatable bonds is 22. The van der Waals surface area contributed by atoms with Gasteiger partial charge in [-0.05, 0) is 86.6 Å². The van der Waals surface area contributed by atoms with E-state index in [4.69, 9.17) is 0 Å². The number of hydrogen-bond donors (Lipinski definition) is 2. The standard InChI is InChI=1S/C36H55N3O4S/c1-3-23-37-34(40)18-11-9-7-5-6-8-10-12-19-35(41)39(28-36(42)43)33-17-13-15-29-27-30(20-21-32(29)33)38(24-4-2)25-22-31-16-14-26-44-31/h13-17,26,30H,3-12,18-25,27-28H2,1-2H3,(H,37,40)(H,42,43)/t30-/m0/s1. The van der Waals surface area contributed by atoms with Crippen molar-refractivity contribution in [3.63, 3.8) is 0 Å². The van der Waals surface area contributed by atoms with Crippen LogP contribution in [0.4, 0.5) is 5.69 Å². The van der Waals surface area contributed by atoms with E-state index in [1.54, 1.807) is 0 Å². The van der Waals surface area contributed by atoms with Crippen molar-refractivity contribution in [1.82, 2.24) is 10.2 Å². The lowest BCUT2D eigenvalue weighted by molar-refractivity contribution is -0.136. The first-order valence-corrected chi connectivity index (χ1v) is 18.0. The van der Waals surface area contributed by atoms with E-state index in [2.05, 4.69) is 47.6 Å². The minimum Gasteiger partial charge on any atom is -0.480 e. The fraction of sp³-hybridized carbons (Fsp3) is 0.639. The van der Waals surface area contributed by atoms with Crippen molar-refractivity contribution in [3.8, 4) is 0 Å². The average Bonchev–Trinajstić information content (AvgIpc) is 3.55. The molecular formula is C36H55N3O4S. The predicted octanol–water partition coefficient (Wildman–Crippen LogP) is 7.40. The smallest absolute Gasteiger partial charge is 0.323 e. The summed E-state index contributed by atoms with van der Waals surface area (Å²) < 4.78 is 0. The molecule has 1 aliphatic rings. The Morgan fingerprint density at radius 2 is 1.64 bits per heavy atom. The fourth-order valence-electron chi connectivity index (χ4n) is 6.36. The first kappa shape index (κ1) is 35.8. The number of carboxylic acids is 1. The van der Waals surface area contributed by atoms with Crippen molar-refractivity contribution in [1.29, 1.82) is 0 Å². The molecule has 2 aromatic rings. The Bertz CT molecular complexity index is 1140. The minimum absolute atomic E-state index is 0.0900. The third kappa shape index (κ3) is 12.4. The number of fused-ring (bicyclic) bond motifs is 1. The zero-order valence-corrected chi connectivity index (χ0v) is 28.0. The summed E-state index contributed by atoms with van der Waals surface area (Å²) in [4.78, 5) is 42.4. The summed E-state index contributed by atoms with van der Waals surface area (Å²) in [5, 5.41) is 14.8. The molecule has 0 saturated heterocycles. The molecule has 3 rings (SSSR count). The molecule has 44 heavy (non-hydrogen) atoms. The van der Waals surface area contributed by atoms with Gasteiger partial charge in [-0.3, -0.25) is 19.3 Å². The van der Waals surface area contributed by atoms with E-state index >= 15 is 0 Å². The molecule has 1 aromatic carbocycles. The highest BCUT2D eigenvalue weighted by Gasteiger charge is 2.28. The van der Waals surface area contributed by atoms with Crippen LogP contribution in [0.5, 0.6) is 0 Å². The van der Waals surface area contributed by atoms with Crippen LogP contribution in [0.25, 0.3) is 0 Å². The van der Waals surface area contributed by atoms with Crippen LogP contribution in [-0.2, 0) is 33.6 Å². The molecule has 8 heteroatoms. The van der Waals surface area contributed by atoms with Gasteiger partial charge in [0.1, 0.15) is 6.54 Å². The van der Waals surface area contributed by atoms with Crippen molar-refractivity contribution in [3.05, 3.63) is 51.7 Å². The molecule has 0 saturated carbocycles. The van der Waals surface area contributed by atoms with Crippen LogP contribution >= 0.6 is 11.3 Å². The van der Waals surface area contributed by atoms with Crippen LogP contribution < -0.4 is 10.2 Å². The fourth-order valence-corrected chi connectivity index (χ4v) is 7.06. The number of amides is 2. The van der Waals surface area contributed by atoms with Crippen molar-refractivity contribution in [2.24, 2.45) is 0 Å². The third-order valence-electron chi connectivity index (χ3n) is 8.69. The molecule has 2 amide bonds. The molecule has 0 radical (unpaired) electrons. The number of thiophene rings is 1. The molecule has 0 unspecified atom stereocenters. The highest BCUT2D eigenvalue weighted by Crippen LogP contribution is 2.33. The number of unbranched alkanes of at least 4 members (excludes halogenated alkanes) is 7. The molecule has 7 nitrogen and oxygen atoms in total. The number of anilines is 1.